The SMILES string of the molecule is Cc1ccc(C2=NOC(C)(c3cn(C)nc3C)C2)cc1C(=O)NC1CC1. The van der Waals surface area contributed by atoms with Crippen molar-refractivity contribution in [1.29, 1.82) is 0 Å². The maximum atomic E-state index is 12.5. The van der Waals surface area contributed by atoms with Gasteiger partial charge in [-0.1, -0.05) is 17.3 Å². The lowest BCUT2D eigenvalue weighted by atomic mass is 9.89. The van der Waals surface area contributed by atoms with Gasteiger partial charge in [-0.3, -0.25) is 9.48 Å². The van der Waals surface area contributed by atoms with E-state index >= 15 is 0 Å². The number of carbonyl (C=O) groups excluding carboxylic acids is 1. The molecule has 1 aliphatic heterocycles. The number of carbonyl (C=O) groups is 1. The van der Waals surface area contributed by atoms with Gasteiger partial charge in [0.2, 0.25) is 0 Å². The summed E-state index contributed by atoms with van der Waals surface area (Å²) in [4.78, 5) is 18.3. The Labute approximate surface area is 153 Å². The second kappa shape index (κ2) is 5.97. The Morgan fingerprint density at radius 2 is 2.12 bits per heavy atom. The molecule has 1 fully saturated rings. The lowest BCUT2D eigenvalue weighted by Crippen LogP contribution is -2.26. The molecule has 2 aromatic rings. The van der Waals surface area contributed by atoms with E-state index in [9.17, 15) is 4.79 Å². The molecule has 136 valence electrons. The smallest absolute Gasteiger partial charge is 0.251 e. The fourth-order valence-electron chi connectivity index (χ4n) is 3.49. The summed E-state index contributed by atoms with van der Waals surface area (Å²) in [6, 6.07) is 6.25. The van der Waals surface area contributed by atoms with Crippen LogP contribution in [-0.2, 0) is 17.5 Å². The first kappa shape index (κ1) is 16.8. The van der Waals surface area contributed by atoms with Crippen molar-refractivity contribution in [3.8, 4) is 0 Å². The van der Waals surface area contributed by atoms with Gasteiger partial charge in [-0.25, -0.2) is 0 Å². The van der Waals surface area contributed by atoms with Crippen LogP contribution < -0.4 is 5.32 Å². The van der Waals surface area contributed by atoms with Gasteiger partial charge in [-0.15, -0.1) is 0 Å². The van der Waals surface area contributed by atoms with Crippen molar-refractivity contribution in [2.75, 3.05) is 0 Å². The minimum Gasteiger partial charge on any atom is -0.384 e. The minimum atomic E-state index is -0.533. The van der Waals surface area contributed by atoms with Crippen LogP contribution in [0.5, 0.6) is 0 Å². The maximum Gasteiger partial charge on any atom is 0.251 e. The van der Waals surface area contributed by atoms with E-state index in [0.29, 0.717) is 18.0 Å². The number of nitrogens with one attached hydrogen (secondary N) is 1. The zero-order chi connectivity index (χ0) is 18.5. The molecule has 1 N–H and O–H groups in total. The first-order valence-corrected chi connectivity index (χ1v) is 9.03. The van der Waals surface area contributed by atoms with Crippen molar-refractivity contribution in [2.45, 2.75) is 51.7 Å². The lowest BCUT2D eigenvalue weighted by Gasteiger charge is -2.20. The first-order chi connectivity index (χ1) is 12.4. The van der Waals surface area contributed by atoms with E-state index in [4.69, 9.17) is 4.84 Å². The number of benzene rings is 1. The van der Waals surface area contributed by atoms with Crippen molar-refractivity contribution < 1.29 is 9.63 Å². The maximum absolute atomic E-state index is 12.5. The van der Waals surface area contributed by atoms with Crippen LogP contribution in [0.4, 0.5) is 0 Å². The largest absolute Gasteiger partial charge is 0.384 e. The number of hydrogen-bond acceptors (Lipinski definition) is 4. The molecule has 0 bridgehead atoms. The minimum absolute atomic E-state index is 0.00256. The molecule has 26 heavy (non-hydrogen) atoms. The Morgan fingerprint density at radius 1 is 1.35 bits per heavy atom. The third-order valence-electron chi connectivity index (χ3n) is 5.17. The molecule has 1 amide bonds. The molecule has 2 aliphatic rings. The van der Waals surface area contributed by atoms with Gasteiger partial charge in [0, 0.05) is 42.4 Å². The lowest BCUT2D eigenvalue weighted by molar-refractivity contribution is -0.00789. The van der Waals surface area contributed by atoms with E-state index in [1.165, 1.54) is 0 Å². The molecule has 1 aliphatic carbocycles. The summed E-state index contributed by atoms with van der Waals surface area (Å²) in [5, 5.41) is 11.8. The Kier molecular flexibility index (Phi) is 3.86. The normalized spacial score (nSPS) is 22.1. The number of amides is 1. The fraction of sp³-hybridized carbons (Fsp3) is 0.450. The highest BCUT2D eigenvalue weighted by Crippen LogP contribution is 2.37. The molecular weight excluding hydrogens is 328 g/mol. The highest BCUT2D eigenvalue weighted by atomic mass is 16.7. The average molecular weight is 352 g/mol. The van der Waals surface area contributed by atoms with Crippen LogP contribution in [0, 0.1) is 13.8 Å². The molecule has 0 saturated heterocycles. The number of oxime groups is 1. The zero-order valence-electron chi connectivity index (χ0n) is 15.7. The van der Waals surface area contributed by atoms with E-state index in [-0.39, 0.29) is 5.91 Å². The summed E-state index contributed by atoms with van der Waals surface area (Å²) in [5.41, 5.74) is 4.92. The molecule has 1 saturated carbocycles. The molecule has 4 rings (SSSR count). The number of aryl methyl sites for hydroxylation is 3. The average Bonchev–Trinajstić information content (AvgIpc) is 3.21. The second-order valence-electron chi connectivity index (χ2n) is 7.62. The van der Waals surface area contributed by atoms with E-state index in [1.54, 1.807) is 4.68 Å². The Balaban J connectivity index is 1.58. The highest BCUT2D eigenvalue weighted by Gasteiger charge is 2.39. The van der Waals surface area contributed by atoms with Crippen LogP contribution >= 0.6 is 0 Å². The van der Waals surface area contributed by atoms with Crippen LogP contribution in [0.1, 0.15) is 58.9 Å². The first-order valence-electron chi connectivity index (χ1n) is 9.03. The van der Waals surface area contributed by atoms with Crippen molar-refractivity contribution in [2.24, 2.45) is 12.2 Å². The summed E-state index contributed by atoms with van der Waals surface area (Å²) >= 11 is 0. The molecule has 1 unspecified atom stereocenters. The van der Waals surface area contributed by atoms with Crippen molar-refractivity contribution in [3.05, 3.63) is 52.3 Å². The standard InChI is InChI=1S/C20H24N4O2/c1-12-5-6-14(9-16(12)19(25)21-15-7-8-15)18-10-20(3,26-23-18)17-11-24(4)22-13(17)2/h5-6,9,11,15H,7-8,10H2,1-4H3,(H,21,25). The van der Waals surface area contributed by atoms with Gasteiger partial charge < -0.3 is 10.2 Å². The molecule has 1 aromatic heterocycles. The van der Waals surface area contributed by atoms with Gasteiger partial charge in [0.1, 0.15) is 0 Å². The molecular formula is C20H24N4O2. The third kappa shape index (κ3) is 3.00. The van der Waals surface area contributed by atoms with E-state index in [2.05, 4.69) is 15.6 Å². The highest BCUT2D eigenvalue weighted by molar-refractivity contribution is 6.04. The monoisotopic (exact) mass is 352 g/mol. The molecule has 0 radical (unpaired) electrons. The van der Waals surface area contributed by atoms with Gasteiger partial charge in [0.15, 0.2) is 5.60 Å². The summed E-state index contributed by atoms with van der Waals surface area (Å²) in [5.74, 6) is -0.00256. The molecule has 0 spiro atoms. The Morgan fingerprint density at radius 3 is 2.77 bits per heavy atom. The van der Waals surface area contributed by atoms with Gasteiger partial charge in [-0.2, -0.15) is 5.10 Å². The van der Waals surface area contributed by atoms with Crippen LogP contribution in [-0.4, -0.2) is 27.4 Å². The number of rotatable bonds is 4. The van der Waals surface area contributed by atoms with Crippen molar-refractivity contribution >= 4 is 11.6 Å². The summed E-state index contributed by atoms with van der Waals surface area (Å²) in [7, 11) is 1.90. The number of nitrogens with zero attached hydrogens (tertiary/aromatic N) is 3. The molecule has 6 heteroatoms. The zero-order valence-corrected chi connectivity index (χ0v) is 15.7. The topological polar surface area (TPSA) is 68.5 Å². The summed E-state index contributed by atoms with van der Waals surface area (Å²) in [6.45, 7) is 5.97. The third-order valence-corrected chi connectivity index (χ3v) is 5.17. The molecule has 1 atom stereocenters. The fourth-order valence-corrected chi connectivity index (χ4v) is 3.49. The van der Waals surface area contributed by atoms with Crippen LogP contribution in [0.25, 0.3) is 0 Å². The van der Waals surface area contributed by atoms with Crippen LogP contribution in [0.15, 0.2) is 29.6 Å². The quantitative estimate of drug-likeness (QED) is 0.920. The van der Waals surface area contributed by atoms with Crippen LogP contribution in [0.2, 0.25) is 0 Å². The summed E-state index contributed by atoms with van der Waals surface area (Å²) in [6.07, 6.45) is 4.78. The van der Waals surface area contributed by atoms with Gasteiger partial charge in [0.05, 0.1) is 11.4 Å². The predicted octanol–water partition coefficient (Wildman–Crippen LogP) is 2.97. The van der Waals surface area contributed by atoms with Gasteiger partial charge in [0.25, 0.3) is 5.91 Å². The van der Waals surface area contributed by atoms with E-state index < -0.39 is 5.60 Å². The number of aromatic nitrogens is 2. The second-order valence-corrected chi connectivity index (χ2v) is 7.62. The Hall–Kier alpha value is -2.63. The summed E-state index contributed by atoms with van der Waals surface area (Å²) < 4.78 is 1.80. The number of hydrogen-bond donors (Lipinski definition) is 1. The Bertz CT molecular complexity index is 911. The van der Waals surface area contributed by atoms with E-state index in [0.717, 1.165) is 40.9 Å². The van der Waals surface area contributed by atoms with Crippen molar-refractivity contribution in [1.82, 2.24) is 15.1 Å². The van der Waals surface area contributed by atoms with Gasteiger partial charge >= 0.3 is 0 Å². The molecule has 2 heterocycles. The molecule has 1 aromatic carbocycles. The molecule has 6 nitrogen and oxygen atoms in total. The van der Waals surface area contributed by atoms with Crippen molar-refractivity contribution in [3.63, 3.8) is 0 Å². The van der Waals surface area contributed by atoms with E-state index in [1.807, 2.05) is 52.2 Å². The van der Waals surface area contributed by atoms with Gasteiger partial charge in [-0.05, 0) is 45.2 Å². The van der Waals surface area contributed by atoms with Crippen LogP contribution in [0.3, 0.4) is 0 Å². The predicted molar refractivity (Wildman–Crippen MR) is 99.2 cm³/mol.